The molecule has 0 saturated heterocycles. The molecular formula is C20H14ClN3O. The van der Waals surface area contributed by atoms with Crippen LogP contribution in [0.3, 0.4) is 0 Å². The van der Waals surface area contributed by atoms with E-state index < -0.39 is 0 Å². The molecule has 4 rings (SSSR count). The second-order valence-electron chi connectivity index (χ2n) is 5.74. The summed E-state index contributed by atoms with van der Waals surface area (Å²) in [6, 6.07) is 15.0. The van der Waals surface area contributed by atoms with E-state index in [1.54, 1.807) is 29.2 Å². The number of rotatable bonds is 3. The predicted molar refractivity (Wildman–Crippen MR) is 99.8 cm³/mol. The Kier molecular flexibility index (Phi) is 4.04. The highest BCUT2D eigenvalue weighted by atomic mass is 35.5. The van der Waals surface area contributed by atoms with Gasteiger partial charge in [0.25, 0.3) is 5.56 Å². The Bertz CT molecular complexity index is 1110. The number of aromatic nitrogens is 3. The Labute approximate surface area is 149 Å². The first-order chi connectivity index (χ1) is 12.2. The summed E-state index contributed by atoms with van der Waals surface area (Å²) in [5, 5.41) is 1.24. The van der Waals surface area contributed by atoms with E-state index in [-0.39, 0.29) is 5.56 Å². The van der Waals surface area contributed by atoms with Crippen LogP contribution in [0, 0.1) is 0 Å². The molecule has 0 aliphatic carbocycles. The Balaban J connectivity index is 1.96. The van der Waals surface area contributed by atoms with Crippen molar-refractivity contribution in [2.75, 3.05) is 0 Å². The third-order valence-corrected chi connectivity index (χ3v) is 4.31. The summed E-state index contributed by atoms with van der Waals surface area (Å²) >= 11 is 6.15. The summed E-state index contributed by atoms with van der Waals surface area (Å²) in [6.45, 7) is 0.472. The molecule has 0 aliphatic heterocycles. The van der Waals surface area contributed by atoms with E-state index in [1.807, 2.05) is 48.7 Å². The van der Waals surface area contributed by atoms with Gasteiger partial charge in [0, 0.05) is 35.4 Å². The fourth-order valence-corrected chi connectivity index (χ4v) is 3.08. The van der Waals surface area contributed by atoms with Gasteiger partial charge in [-0.05, 0) is 47.5 Å². The molecule has 0 fully saturated rings. The van der Waals surface area contributed by atoms with Gasteiger partial charge in [0.2, 0.25) is 0 Å². The standard InChI is InChI=1S/C20H14ClN3O/c21-16-4-1-3-15(11-16)18-13-24(12-14-6-9-22-10-7-14)20(25)17-5-2-8-23-19(17)18/h1-11,13H,12H2. The summed E-state index contributed by atoms with van der Waals surface area (Å²) in [5.74, 6) is 0. The number of fused-ring (bicyclic) bond motifs is 1. The molecule has 0 bridgehead atoms. The largest absolute Gasteiger partial charge is 0.310 e. The van der Waals surface area contributed by atoms with Crippen molar-refractivity contribution in [2.24, 2.45) is 0 Å². The Morgan fingerprint density at radius 2 is 1.84 bits per heavy atom. The van der Waals surface area contributed by atoms with Crippen molar-refractivity contribution < 1.29 is 0 Å². The van der Waals surface area contributed by atoms with E-state index >= 15 is 0 Å². The predicted octanol–water partition coefficient (Wildman–Crippen LogP) is 4.16. The molecule has 0 N–H and O–H groups in total. The summed E-state index contributed by atoms with van der Waals surface area (Å²) < 4.78 is 1.70. The molecule has 122 valence electrons. The molecule has 0 atom stereocenters. The minimum absolute atomic E-state index is 0.0642. The highest BCUT2D eigenvalue weighted by Gasteiger charge is 2.12. The maximum Gasteiger partial charge on any atom is 0.260 e. The molecule has 4 aromatic rings. The lowest BCUT2D eigenvalue weighted by molar-refractivity contribution is 0.767. The number of benzene rings is 1. The van der Waals surface area contributed by atoms with Crippen LogP contribution in [-0.4, -0.2) is 14.5 Å². The molecule has 0 radical (unpaired) electrons. The zero-order valence-electron chi connectivity index (χ0n) is 13.3. The van der Waals surface area contributed by atoms with Crippen molar-refractivity contribution in [2.45, 2.75) is 6.54 Å². The zero-order chi connectivity index (χ0) is 17.2. The van der Waals surface area contributed by atoms with Crippen molar-refractivity contribution in [3.63, 3.8) is 0 Å². The Morgan fingerprint density at radius 3 is 2.64 bits per heavy atom. The minimum Gasteiger partial charge on any atom is -0.310 e. The highest BCUT2D eigenvalue weighted by Crippen LogP contribution is 2.27. The summed E-state index contributed by atoms with van der Waals surface area (Å²) in [5.41, 5.74) is 3.44. The number of hydrogen-bond donors (Lipinski definition) is 0. The highest BCUT2D eigenvalue weighted by molar-refractivity contribution is 6.30. The van der Waals surface area contributed by atoms with Crippen LogP contribution in [0.25, 0.3) is 22.0 Å². The van der Waals surface area contributed by atoms with Gasteiger partial charge in [-0.15, -0.1) is 0 Å². The van der Waals surface area contributed by atoms with Gasteiger partial charge in [0.1, 0.15) is 0 Å². The van der Waals surface area contributed by atoms with Crippen LogP contribution < -0.4 is 5.56 Å². The molecule has 25 heavy (non-hydrogen) atoms. The van der Waals surface area contributed by atoms with Crippen LogP contribution in [0.2, 0.25) is 5.02 Å². The molecule has 0 aliphatic rings. The smallest absolute Gasteiger partial charge is 0.260 e. The van der Waals surface area contributed by atoms with Crippen LogP contribution in [-0.2, 0) is 6.54 Å². The number of halogens is 1. The van der Waals surface area contributed by atoms with Gasteiger partial charge in [0.05, 0.1) is 17.4 Å². The third kappa shape index (κ3) is 3.04. The molecule has 0 spiro atoms. The normalized spacial score (nSPS) is 10.9. The van der Waals surface area contributed by atoms with E-state index in [0.717, 1.165) is 16.7 Å². The van der Waals surface area contributed by atoms with Crippen LogP contribution in [0.1, 0.15) is 5.56 Å². The van der Waals surface area contributed by atoms with Crippen molar-refractivity contribution in [1.82, 2.24) is 14.5 Å². The number of pyridine rings is 3. The first kappa shape index (κ1) is 15.5. The van der Waals surface area contributed by atoms with Gasteiger partial charge in [-0.3, -0.25) is 14.8 Å². The van der Waals surface area contributed by atoms with Gasteiger partial charge in [-0.2, -0.15) is 0 Å². The van der Waals surface area contributed by atoms with E-state index in [0.29, 0.717) is 22.5 Å². The van der Waals surface area contributed by atoms with Gasteiger partial charge in [-0.25, -0.2) is 0 Å². The minimum atomic E-state index is -0.0642. The topological polar surface area (TPSA) is 47.8 Å². The van der Waals surface area contributed by atoms with Crippen molar-refractivity contribution in [3.05, 3.63) is 94.3 Å². The SMILES string of the molecule is O=c1c2cccnc2c(-c2cccc(Cl)c2)cn1Cc1ccncc1. The van der Waals surface area contributed by atoms with Crippen molar-refractivity contribution in [3.8, 4) is 11.1 Å². The quantitative estimate of drug-likeness (QED) is 0.559. The maximum atomic E-state index is 12.9. The van der Waals surface area contributed by atoms with Crippen LogP contribution in [0.15, 0.2) is 78.1 Å². The lowest BCUT2D eigenvalue weighted by Crippen LogP contribution is -2.21. The lowest BCUT2D eigenvalue weighted by Gasteiger charge is -2.12. The average molecular weight is 348 g/mol. The Morgan fingerprint density at radius 1 is 1.00 bits per heavy atom. The maximum absolute atomic E-state index is 12.9. The van der Waals surface area contributed by atoms with Crippen molar-refractivity contribution >= 4 is 22.5 Å². The van der Waals surface area contributed by atoms with Crippen molar-refractivity contribution in [1.29, 1.82) is 0 Å². The van der Waals surface area contributed by atoms with E-state index in [9.17, 15) is 4.79 Å². The van der Waals surface area contributed by atoms with E-state index in [2.05, 4.69) is 9.97 Å². The van der Waals surface area contributed by atoms with E-state index in [4.69, 9.17) is 11.6 Å². The van der Waals surface area contributed by atoms with Gasteiger partial charge in [0.15, 0.2) is 0 Å². The molecule has 1 aromatic carbocycles. The molecular weight excluding hydrogens is 334 g/mol. The average Bonchev–Trinajstić information content (AvgIpc) is 2.65. The van der Waals surface area contributed by atoms with Crippen LogP contribution in [0.4, 0.5) is 0 Å². The molecule has 0 unspecified atom stereocenters. The third-order valence-electron chi connectivity index (χ3n) is 4.08. The molecule has 0 saturated carbocycles. The fourth-order valence-electron chi connectivity index (χ4n) is 2.89. The summed E-state index contributed by atoms with van der Waals surface area (Å²) in [4.78, 5) is 21.3. The fraction of sp³-hybridized carbons (Fsp3) is 0.0500. The van der Waals surface area contributed by atoms with Gasteiger partial charge >= 0.3 is 0 Å². The molecule has 5 heteroatoms. The lowest BCUT2D eigenvalue weighted by atomic mass is 10.0. The molecule has 0 amide bonds. The summed E-state index contributed by atoms with van der Waals surface area (Å²) in [7, 11) is 0. The van der Waals surface area contributed by atoms with Crippen LogP contribution >= 0.6 is 11.6 Å². The number of hydrogen-bond acceptors (Lipinski definition) is 3. The van der Waals surface area contributed by atoms with Crippen LogP contribution in [0.5, 0.6) is 0 Å². The molecule has 3 aromatic heterocycles. The Hall–Kier alpha value is -2.98. The number of nitrogens with zero attached hydrogens (tertiary/aromatic N) is 3. The van der Waals surface area contributed by atoms with E-state index in [1.165, 1.54) is 0 Å². The first-order valence-electron chi connectivity index (χ1n) is 7.85. The summed E-state index contributed by atoms with van der Waals surface area (Å²) in [6.07, 6.45) is 6.99. The zero-order valence-corrected chi connectivity index (χ0v) is 14.0. The second-order valence-corrected chi connectivity index (χ2v) is 6.18. The second kappa shape index (κ2) is 6.49. The first-order valence-corrected chi connectivity index (χ1v) is 8.23. The molecule has 4 nitrogen and oxygen atoms in total. The monoisotopic (exact) mass is 347 g/mol. The molecule has 3 heterocycles. The van der Waals surface area contributed by atoms with Gasteiger partial charge < -0.3 is 4.57 Å². The van der Waals surface area contributed by atoms with Gasteiger partial charge in [-0.1, -0.05) is 23.7 Å².